The normalized spacial score (nSPS) is 13.7. The van der Waals surface area contributed by atoms with Gasteiger partial charge >= 0.3 is 5.97 Å². The molecule has 0 saturated heterocycles. The number of esters is 1. The summed E-state index contributed by atoms with van der Waals surface area (Å²) in [5, 5.41) is 0. The molecule has 1 atom stereocenters. The third kappa shape index (κ3) is 4.56. The van der Waals surface area contributed by atoms with Crippen molar-refractivity contribution in [3.63, 3.8) is 0 Å². The molecule has 1 aliphatic heterocycles. The molecular formula is C23H23NO6. The zero-order valence-electron chi connectivity index (χ0n) is 16.9. The first-order chi connectivity index (χ1) is 14.4. The number of fused-ring (bicyclic) bond motifs is 1. The minimum Gasteiger partial charge on any atom is -0.494 e. The van der Waals surface area contributed by atoms with Gasteiger partial charge in [0.05, 0.1) is 31.3 Å². The van der Waals surface area contributed by atoms with Crippen molar-refractivity contribution in [3.05, 3.63) is 65.2 Å². The average molecular weight is 409 g/mol. The zero-order valence-corrected chi connectivity index (χ0v) is 16.9. The van der Waals surface area contributed by atoms with Gasteiger partial charge in [-0.25, -0.2) is 0 Å². The van der Waals surface area contributed by atoms with Crippen molar-refractivity contribution in [2.24, 2.45) is 5.92 Å². The Morgan fingerprint density at radius 1 is 0.967 bits per heavy atom. The topological polar surface area (TPSA) is 90.0 Å². The smallest absolute Gasteiger partial charge is 0.306 e. The van der Waals surface area contributed by atoms with E-state index >= 15 is 0 Å². The summed E-state index contributed by atoms with van der Waals surface area (Å²) in [4.78, 5) is 49.5. The number of carbonyl (C=O) groups excluding carboxylic acids is 4. The number of carbonyl (C=O) groups is 4. The summed E-state index contributed by atoms with van der Waals surface area (Å²) in [6.45, 7) is 2.27. The van der Waals surface area contributed by atoms with Crippen LogP contribution >= 0.6 is 0 Å². The van der Waals surface area contributed by atoms with E-state index in [-0.39, 0.29) is 30.6 Å². The van der Waals surface area contributed by atoms with Gasteiger partial charge in [0.15, 0.2) is 5.78 Å². The molecule has 7 nitrogen and oxygen atoms in total. The number of hydrogen-bond acceptors (Lipinski definition) is 6. The number of hydrogen-bond donors (Lipinski definition) is 0. The molecule has 0 N–H and O–H groups in total. The predicted molar refractivity (Wildman–Crippen MR) is 108 cm³/mol. The summed E-state index contributed by atoms with van der Waals surface area (Å²) in [5.41, 5.74) is 1.36. The Morgan fingerprint density at radius 2 is 1.57 bits per heavy atom. The second-order valence-electron chi connectivity index (χ2n) is 7.08. The van der Waals surface area contributed by atoms with Gasteiger partial charge in [0.1, 0.15) is 5.75 Å². The number of methoxy groups -OCH3 is 1. The minimum atomic E-state index is -0.469. The van der Waals surface area contributed by atoms with E-state index in [9.17, 15) is 19.2 Å². The largest absolute Gasteiger partial charge is 0.494 e. The molecule has 0 bridgehead atoms. The first kappa shape index (κ1) is 21.2. The second-order valence-corrected chi connectivity index (χ2v) is 7.08. The molecule has 0 fully saturated rings. The van der Waals surface area contributed by atoms with Crippen LogP contribution in [-0.2, 0) is 9.53 Å². The molecule has 1 heterocycles. The summed E-state index contributed by atoms with van der Waals surface area (Å²) >= 11 is 0. The van der Waals surface area contributed by atoms with Gasteiger partial charge in [0.2, 0.25) is 0 Å². The maximum absolute atomic E-state index is 12.4. The Hall–Kier alpha value is -3.48. The SMILES string of the molecule is COC(=O)CC(C)C(=O)c1ccc(OCCCN2C(=O)c3ccccc3C2=O)cc1. The van der Waals surface area contributed by atoms with Crippen LogP contribution in [0.5, 0.6) is 5.75 Å². The number of benzene rings is 2. The van der Waals surface area contributed by atoms with Crippen LogP contribution in [0.4, 0.5) is 0 Å². The number of imide groups is 1. The minimum absolute atomic E-state index is 0.0331. The number of ether oxygens (including phenoxy) is 2. The predicted octanol–water partition coefficient (Wildman–Crippen LogP) is 3.13. The molecule has 0 aliphatic carbocycles. The molecule has 0 spiro atoms. The third-order valence-corrected chi connectivity index (χ3v) is 4.96. The lowest BCUT2D eigenvalue weighted by Crippen LogP contribution is -2.31. The lowest BCUT2D eigenvalue weighted by atomic mass is 9.96. The van der Waals surface area contributed by atoms with Crippen molar-refractivity contribution in [1.82, 2.24) is 4.90 Å². The summed E-state index contributed by atoms with van der Waals surface area (Å²) in [7, 11) is 1.29. The molecule has 30 heavy (non-hydrogen) atoms. The van der Waals surface area contributed by atoms with E-state index in [2.05, 4.69) is 4.74 Å². The van der Waals surface area contributed by atoms with E-state index in [0.29, 0.717) is 35.5 Å². The van der Waals surface area contributed by atoms with Crippen LogP contribution in [0.3, 0.4) is 0 Å². The van der Waals surface area contributed by atoms with Gasteiger partial charge in [-0.15, -0.1) is 0 Å². The number of nitrogens with zero attached hydrogens (tertiary/aromatic N) is 1. The van der Waals surface area contributed by atoms with Gasteiger partial charge in [-0.1, -0.05) is 19.1 Å². The van der Waals surface area contributed by atoms with Gasteiger partial charge in [-0.05, 0) is 42.8 Å². The van der Waals surface area contributed by atoms with E-state index in [1.807, 2.05) is 0 Å². The van der Waals surface area contributed by atoms with Crippen LogP contribution in [0.25, 0.3) is 0 Å². The van der Waals surface area contributed by atoms with Crippen LogP contribution in [-0.4, -0.2) is 48.7 Å². The highest BCUT2D eigenvalue weighted by Crippen LogP contribution is 2.22. The number of amides is 2. The average Bonchev–Trinajstić information content (AvgIpc) is 3.01. The van der Waals surface area contributed by atoms with Crippen LogP contribution < -0.4 is 4.74 Å². The Morgan fingerprint density at radius 3 is 2.13 bits per heavy atom. The standard InChI is InChI=1S/C23H23NO6/c1-15(14-20(25)29-2)21(26)16-8-10-17(11-9-16)30-13-5-12-24-22(27)18-6-3-4-7-19(18)23(24)28/h3-4,6-11,15H,5,12-14H2,1-2H3. The van der Waals surface area contributed by atoms with Crippen molar-refractivity contribution in [2.75, 3.05) is 20.3 Å². The van der Waals surface area contributed by atoms with Crippen LogP contribution in [0.2, 0.25) is 0 Å². The second kappa shape index (κ2) is 9.35. The van der Waals surface area contributed by atoms with Crippen LogP contribution in [0.15, 0.2) is 48.5 Å². The highest BCUT2D eigenvalue weighted by molar-refractivity contribution is 6.21. The quantitative estimate of drug-likeness (QED) is 0.274. The van der Waals surface area contributed by atoms with E-state index in [0.717, 1.165) is 0 Å². The molecule has 2 amide bonds. The number of ketones is 1. The van der Waals surface area contributed by atoms with Crippen LogP contribution in [0, 0.1) is 5.92 Å². The highest BCUT2D eigenvalue weighted by Gasteiger charge is 2.34. The van der Waals surface area contributed by atoms with Crippen molar-refractivity contribution in [3.8, 4) is 5.75 Å². The van der Waals surface area contributed by atoms with Crippen molar-refractivity contribution in [1.29, 1.82) is 0 Å². The van der Waals surface area contributed by atoms with Gasteiger partial charge in [-0.3, -0.25) is 24.1 Å². The maximum atomic E-state index is 12.4. The fourth-order valence-electron chi connectivity index (χ4n) is 3.28. The van der Waals surface area contributed by atoms with Gasteiger partial charge in [0, 0.05) is 18.0 Å². The van der Waals surface area contributed by atoms with Crippen molar-refractivity contribution in [2.45, 2.75) is 19.8 Å². The molecule has 1 unspecified atom stereocenters. The van der Waals surface area contributed by atoms with E-state index in [1.54, 1.807) is 55.5 Å². The highest BCUT2D eigenvalue weighted by atomic mass is 16.5. The van der Waals surface area contributed by atoms with E-state index < -0.39 is 11.9 Å². The van der Waals surface area contributed by atoms with Gasteiger partial charge in [-0.2, -0.15) is 0 Å². The Balaban J connectivity index is 1.47. The fraction of sp³-hybridized carbons (Fsp3) is 0.304. The first-order valence-electron chi connectivity index (χ1n) is 9.71. The van der Waals surface area contributed by atoms with E-state index in [1.165, 1.54) is 12.0 Å². The molecule has 7 heteroatoms. The Labute approximate surface area is 174 Å². The Kier molecular flexibility index (Phi) is 6.61. The summed E-state index contributed by atoms with van der Waals surface area (Å²) in [6, 6.07) is 13.4. The summed E-state index contributed by atoms with van der Waals surface area (Å²) < 4.78 is 10.2. The molecule has 156 valence electrons. The van der Waals surface area contributed by atoms with Crippen molar-refractivity contribution >= 4 is 23.6 Å². The van der Waals surface area contributed by atoms with Gasteiger partial charge in [0.25, 0.3) is 11.8 Å². The molecular weight excluding hydrogens is 386 g/mol. The molecule has 0 aromatic heterocycles. The van der Waals surface area contributed by atoms with E-state index in [4.69, 9.17) is 4.74 Å². The third-order valence-electron chi connectivity index (χ3n) is 4.96. The lowest BCUT2D eigenvalue weighted by Gasteiger charge is -2.14. The lowest BCUT2D eigenvalue weighted by molar-refractivity contribution is -0.141. The molecule has 0 radical (unpaired) electrons. The maximum Gasteiger partial charge on any atom is 0.306 e. The fourth-order valence-corrected chi connectivity index (χ4v) is 3.28. The molecule has 0 saturated carbocycles. The number of rotatable bonds is 9. The number of Topliss-reactive ketones (excluding diaryl/α,β-unsaturated/α-hetero) is 1. The molecule has 2 aromatic rings. The van der Waals surface area contributed by atoms with Crippen LogP contribution in [0.1, 0.15) is 50.8 Å². The van der Waals surface area contributed by atoms with Gasteiger partial charge < -0.3 is 9.47 Å². The molecule has 1 aliphatic rings. The zero-order chi connectivity index (χ0) is 21.7. The Bertz CT molecular complexity index is 931. The summed E-state index contributed by atoms with van der Waals surface area (Å²) in [5.74, 6) is -1.01. The molecule has 3 rings (SSSR count). The van der Waals surface area contributed by atoms with Crippen molar-refractivity contribution < 1.29 is 28.7 Å². The molecule has 2 aromatic carbocycles. The monoisotopic (exact) mass is 409 g/mol. The summed E-state index contributed by atoms with van der Waals surface area (Å²) in [6.07, 6.45) is 0.522. The first-order valence-corrected chi connectivity index (χ1v) is 9.71.